The molecule has 27 heavy (non-hydrogen) atoms. The van der Waals surface area contributed by atoms with Crippen molar-refractivity contribution in [1.29, 1.82) is 0 Å². The standard InChI is InChI=1S/C18H15ClF2N2O4/c19-12-8-15-16(27-6-5-26-15)9-14(12)23-17(24)3-4-22-18(25)11-2-1-10(20)7-13(11)21/h1-2,7-9H,3-6H2,(H,22,25)(H,23,24). The molecule has 0 aromatic heterocycles. The number of ether oxygens (including phenoxy) is 2. The lowest BCUT2D eigenvalue weighted by atomic mass is 10.2. The van der Waals surface area contributed by atoms with Crippen LogP contribution in [0, 0.1) is 11.6 Å². The van der Waals surface area contributed by atoms with Crippen LogP contribution in [0.15, 0.2) is 30.3 Å². The van der Waals surface area contributed by atoms with Gasteiger partial charge in [-0.3, -0.25) is 9.59 Å². The lowest BCUT2D eigenvalue weighted by molar-refractivity contribution is -0.116. The molecule has 0 fully saturated rings. The molecule has 1 aliphatic heterocycles. The first-order valence-corrected chi connectivity index (χ1v) is 8.44. The molecule has 142 valence electrons. The minimum Gasteiger partial charge on any atom is -0.486 e. The van der Waals surface area contributed by atoms with Crippen LogP contribution in [0.5, 0.6) is 11.5 Å². The van der Waals surface area contributed by atoms with Gasteiger partial charge in [0.1, 0.15) is 24.8 Å². The quantitative estimate of drug-likeness (QED) is 0.814. The molecule has 0 atom stereocenters. The molecule has 6 nitrogen and oxygen atoms in total. The molecule has 2 aromatic carbocycles. The van der Waals surface area contributed by atoms with Gasteiger partial charge in [-0.2, -0.15) is 0 Å². The molecule has 0 bridgehead atoms. The first-order valence-electron chi connectivity index (χ1n) is 8.06. The molecule has 1 heterocycles. The smallest absolute Gasteiger partial charge is 0.254 e. The van der Waals surface area contributed by atoms with Crippen molar-refractivity contribution in [2.24, 2.45) is 0 Å². The molecule has 0 radical (unpaired) electrons. The molecular weight excluding hydrogens is 382 g/mol. The Morgan fingerprint density at radius 1 is 1.07 bits per heavy atom. The van der Waals surface area contributed by atoms with E-state index in [0.29, 0.717) is 36.5 Å². The Bertz CT molecular complexity index is 892. The zero-order chi connectivity index (χ0) is 19.4. The van der Waals surface area contributed by atoms with Crippen LogP contribution in [0.4, 0.5) is 14.5 Å². The summed E-state index contributed by atoms with van der Waals surface area (Å²) in [6.07, 6.45) is -0.0701. The first kappa shape index (κ1) is 18.9. The highest BCUT2D eigenvalue weighted by molar-refractivity contribution is 6.34. The SMILES string of the molecule is O=C(CCNC(=O)c1ccc(F)cc1F)Nc1cc2c(cc1Cl)OCCO2. The van der Waals surface area contributed by atoms with Crippen LogP contribution < -0.4 is 20.1 Å². The largest absolute Gasteiger partial charge is 0.486 e. The fraction of sp³-hybridized carbons (Fsp3) is 0.222. The van der Waals surface area contributed by atoms with Crippen LogP contribution >= 0.6 is 11.6 Å². The molecule has 0 saturated carbocycles. The van der Waals surface area contributed by atoms with Crippen molar-refractivity contribution >= 4 is 29.1 Å². The Balaban J connectivity index is 1.53. The minimum absolute atomic E-state index is 0.0380. The number of anilines is 1. The van der Waals surface area contributed by atoms with Gasteiger partial charge in [0.2, 0.25) is 5.91 Å². The van der Waals surface area contributed by atoms with E-state index in [1.807, 2.05) is 0 Å². The van der Waals surface area contributed by atoms with E-state index in [2.05, 4.69) is 10.6 Å². The van der Waals surface area contributed by atoms with Gasteiger partial charge < -0.3 is 20.1 Å². The average molecular weight is 397 g/mol. The van der Waals surface area contributed by atoms with Crippen LogP contribution in [0.1, 0.15) is 16.8 Å². The number of halogens is 3. The average Bonchev–Trinajstić information content (AvgIpc) is 2.62. The number of amides is 2. The lowest BCUT2D eigenvalue weighted by Gasteiger charge is -2.20. The summed E-state index contributed by atoms with van der Waals surface area (Å²) in [6.45, 7) is 0.779. The normalized spacial score (nSPS) is 12.4. The molecule has 0 saturated heterocycles. The fourth-order valence-corrected chi connectivity index (χ4v) is 2.63. The maximum absolute atomic E-state index is 13.5. The molecule has 2 amide bonds. The number of benzene rings is 2. The third kappa shape index (κ3) is 4.65. The number of carbonyl (C=O) groups is 2. The molecule has 9 heteroatoms. The van der Waals surface area contributed by atoms with Crippen LogP contribution in [-0.4, -0.2) is 31.6 Å². The fourth-order valence-electron chi connectivity index (χ4n) is 2.43. The summed E-state index contributed by atoms with van der Waals surface area (Å²) in [6, 6.07) is 5.74. The van der Waals surface area contributed by atoms with Gasteiger partial charge in [-0.25, -0.2) is 8.78 Å². The second-order valence-electron chi connectivity index (χ2n) is 5.65. The molecule has 3 rings (SSSR count). The molecular formula is C18H15ClF2N2O4. The van der Waals surface area contributed by atoms with Crippen LogP contribution in [0.2, 0.25) is 5.02 Å². The van der Waals surface area contributed by atoms with Crippen molar-refractivity contribution < 1.29 is 27.8 Å². The summed E-state index contributed by atoms with van der Waals surface area (Å²) in [5.41, 5.74) is 0.0495. The zero-order valence-corrected chi connectivity index (χ0v) is 14.7. The number of hydrogen-bond acceptors (Lipinski definition) is 4. The Labute approximate surface area is 158 Å². The van der Waals surface area contributed by atoms with E-state index in [1.54, 1.807) is 12.1 Å². The summed E-state index contributed by atoms with van der Waals surface area (Å²) >= 11 is 6.11. The third-order valence-corrected chi connectivity index (χ3v) is 4.03. The Kier molecular flexibility index (Phi) is 5.75. The van der Waals surface area contributed by atoms with E-state index in [1.165, 1.54) is 0 Å². The van der Waals surface area contributed by atoms with Crippen molar-refractivity contribution in [1.82, 2.24) is 5.32 Å². The highest BCUT2D eigenvalue weighted by atomic mass is 35.5. The molecule has 0 spiro atoms. The van der Waals surface area contributed by atoms with Crippen molar-refractivity contribution in [3.63, 3.8) is 0 Å². The van der Waals surface area contributed by atoms with Crippen LogP contribution in [0.25, 0.3) is 0 Å². The van der Waals surface area contributed by atoms with Gasteiger partial charge in [0, 0.05) is 31.2 Å². The highest BCUT2D eigenvalue weighted by Crippen LogP contribution is 2.37. The van der Waals surface area contributed by atoms with Gasteiger partial charge in [0.25, 0.3) is 5.91 Å². The maximum Gasteiger partial charge on any atom is 0.254 e. The van der Waals surface area contributed by atoms with Crippen molar-refractivity contribution in [2.75, 3.05) is 25.1 Å². The topological polar surface area (TPSA) is 76.7 Å². The van der Waals surface area contributed by atoms with E-state index in [4.69, 9.17) is 21.1 Å². The summed E-state index contributed by atoms with van der Waals surface area (Å²) in [5, 5.41) is 5.29. The van der Waals surface area contributed by atoms with Gasteiger partial charge in [-0.15, -0.1) is 0 Å². The maximum atomic E-state index is 13.5. The predicted octanol–water partition coefficient (Wildman–Crippen LogP) is 3.15. The second kappa shape index (κ2) is 8.22. The number of carbonyl (C=O) groups excluding carboxylic acids is 2. The Hall–Kier alpha value is -2.87. The van der Waals surface area contributed by atoms with Crippen molar-refractivity contribution in [3.8, 4) is 11.5 Å². The van der Waals surface area contributed by atoms with Gasteiger partial charge in [0.05, 0.1) is 16.3 Å². The minimum atomic E-state index is -0.972. The van der Waals surface area contributed by atoms with Gasteiger partial charge in [0.15, 0.2) is 11.5 Å². The Morgan fingerprint density at radius 3 is 2.48 bits per heavy atom. The number of hydrogen-bond donors (Lipinski definition) is 2. The lowest BCUT2D eigenvalue weighted by Crippen LogP contribution is -2.28. The zero-order valence-electron chi connectivity index (χ0n) is 14.0. The highest BCUT2D eigenvalue weighted by Gasteiger charge is 2.17. The van der Waals surface area contributed by atoms with E-state index in [0.717, 1.165) is 12.1 Å². The summed E-state index contributed by atoms with van der Waals surface area (Å²) in [5.74, 6) is -1.93. The van der Waals surface area contributed by atoms with Crippen LogP contribution in [-0.2, 0) is 4.79 Å². The summed E-state index contributed by atoms with van der Waals surface area (Å²) in [7, 11) is 0. The predicted molar refractivity (Wildman–Crippen MR) is 94.4 cm³/mol. The van der Waals surface area contributed by atoms with Gasteiger partial charge in [-0.1, -0.05) is 11.6 Å². The van der Waals surface area contributed by atoms with Gasteiger partial charge in [-0.05, 0) is 12.1 Å². The van der Waals surface area contributed by atoms with E-state index < -0.39 is 23.4 Å². The first-order chi connectivity index (χ1) is 12.9. The molecule has 1 aliphatic rings. The van der Waals surface area contributed by atoms with Crippen molar-refractivity contribution in [2.45, 2.75) is 6.42 Å². The van der Waals surface area contributed by atoms with E-state index in [-0.39, 0.29) is 23.6 Å². The number of rotatable bonds is 5. The molecule has 0 aliphatic carbocycles. The molecule has 0 unspecified atom stereocenters. The molecule has 2 N–H and O–H groups in total. The summed E-state index contributed by atoms with van der Waals surface area (Å²) < 4.78 is 37.2. The van der Waals surface area contributed by atoms with Crippen molar-refractivity contribution in [3.05, 3.63) is 52.6 Å². The molecule has 2 aromatic rings. The third-order valence-electron chi connectivity index (χ3n) is 3.72. The summed E-state index contributed by atoms with van der Waals surface area (Å²) in [4.78, 5) is 23.9. The number of fused-ring (bicyclic) bond motifs is 1. The van der Waals surface area contributed by atoms with E-state index in [9.17, 15) is 18.4 Å². The van der Waals surface area contributed by atoms with Crippen LogP contribution in [0.3, 0.4) is 0 Å². The number of nitrogens with one attached hydrogen (secondary N) is 2. The Morgan fingerprint density at radius 2 is 1.78 bits per heavy atom. The van der Waals surface area contributed by atoms with E-state index >= 15 is 0 Å². The second-order valence-corrected chi connectivity index (χ2v) is 6.06. The van der Waals surface area contributed by atoms with Gasteiger partial charge >= 0.3 is 0 Å². The monoisotopic (exact) mass is 396 g/mol.